The van der Waals surface area contributed by atoms with E-state index in [1.807, 2.05) is 5.01 Å². The monoisotopic (exact) mass is 213 g/mol. The van der Waals surface area contributed by atoms with Crippen molar-refractivity contribution in [3.05, 3.63) is 0 Å². The fourth-order valence-electron chi connectivity index (χ4n) is 1.77. The minimum atomic E-state index is -0.388. The number of hydrogen-bond donors (Lipinski definition) is 1. The second-order valence-electron chi connectivity index (χ2n) is 3.78. The highest BCUT2D eigenvalue weighted by Gasteiger charge is 2.36. The molecule has 0 aliphatic carbocycles. The van der Waals surface area contributed by atoms with E-state index < -0.39 is 0 Å². The first-order chi connectivity index (χ1) is 7.18. The van der Waals surface area contributed by atoms with E-state index in [2.05, 4.69) is 5.43 Å². The van der Waals surface area contributed by atoms with Crippen molar-refractivity contribution in [2.75, 3.05) is 33.4 Å². The summed E-state index contributed by atoms with van der Waals surface area (Å²) in [6.07, 6.45) is 0.257. The Morgan fingerprint density at radius 2 is 2.00 bits per heavy atom. The van der Waals surface area contributed by atoms with Crippen LogP contribution in [0.1, 0.15) is 6.42 Å². The van der Waals surface area contributed by atoms with Gasteiger partial charge >= 0.3 is 0 Å². The summed E-state index contributed by atoms with van der Waals surface area (Å²) < 4.78 is 5.19. The van der Waals surface area contributed by atoms with E-state index in [4.69, 9.17) is 4.74 Å². The SMILES string of the molecule is CN1C(=O)CC(NN2CCOCC2)C1=O. The number of likely N-dealkylation sites (N-methyl/N-ethyl adjacent to an activating group) is 1. The highest BCUT2D eigenvalue weighted by molar-refractivity contribution is 6.05. The molecule has 6 heteroatoms. The molecule has 2 heterocycles. The number of hydrazine groups is 1. The summed E-state index contributed by atoms with van der Waals surface area (Å²) in [4.78, 5) is 24.0. The maximum atomic E-state index is 11.6. The van der Waals surface area contributed by atoms with Gasteiger partial charge in [-0.15, -0.1) is 0 Å². The summed E-state index contributed by atoms with van der Waals surface area (Å²) in [6, 6.07) is -0.388. The molecule has 0 radical (unpaired) electrons. The van der Waals surface area contributed by atoms with Crippen molar-refractivity contribution in [1.82, 2.24) is 15.3 Å². The first-order valence-electron chi connectivity index (χ1n) is 5.08. The van der Waals surface area contributed by atoms with Gasteiger partial charge in [0.05, 0.1) is 19.6 Å². The second-order valence-corrected chi connectivity index (χ2v) is 3.78. The molecule has 84 valence electrons. The Labute approximate surface area is 88.1 Å². The molecule has 2 rings (SSSR count). The molecule has 0 spiro atoms. The maximum Gasteiger partial charge on any atom is 0.247 e. The van der Waals surface area contributed by atoms with E-state index in [0.717, 1.165) is 13.1 Å². The van der Waals surface area contributed by atoms with Crippen LogP contribution in [0.5, 0.6) is 0 Å². The number of rotatable bonds is 2. The van der Waals surface area contributed by atoms with Gasteiger partial charge in [0.1, 0.15) is 6.04 Å². The van der Waals surface area contributed by atoms with E-state index in [1.54, 1.807) is 0 Å². The molecule has 15 heavy (non-hydrogen) atoms. The van der Waals surface area contributed by atoms with Gasteiger partial charge in [-0.2, -0.15) is 0 Å². The first kappa shape index (κ1) is 10.5. The molecule has 0 aromatic heterocycles. The van der Waals surface area contributed by atoms with Crippen LogP contribution in [-0.2, 0) is 14.3 Å². The lowest BCUT2D eigenvalue weighted by Crippen LogP contribution is -2.52. The average Bonchev–Trinajstić information content (AvgIpc) is 2.48. The number of imide groups is 1. The topological polar surface area (TPSA) is 61.9 Å². The Morgan fingerprint density at radius 1 is 1.33 bits per heavy atom. The minimum absolute atomic E-state index is 0.120. The third-order valence-electron chi connectivity index (χ3n) is 2.73. The smallest absolute Gasteiger partial charge is 0.247 e. The van der Waals surface area contributed by atoms with Crippen LogP contribution in [0, 0.1) is 0 Å². The van der Waals surface area contributed by atoms with Crippen LogP contribution in [0.3, 0.4) is 0 Å². The quantitative estimate of drug-likeness (QED) is 0.570. The molecular weight excluding hydrogens is 198 g/mol. The largest absolute Gasteiger partial charge is 0.379 e. The number of nitrogens with zero attached hydrogens (tertiary/aromatic N) is 2. The Kier molecular flexibility index (Phi) is 2.99. The Balaban J connectivity index is 1.89. The van der Waals surface area contributed by atoms with Crippen LogP contribution in [0.15, 0.2) is 0 Å². The van der Waals surface area contributed by atoms with Gasteiger partial charge in [-0.1, -0.05) is 0 Å². The maximum absolute atomic E-state index is 11.6. The van der Waals surface area contributed by atoms with Gasteiger partial charge in [0, 0.05) is 20.1 Å². The van der Waals surface area contributed by atoms with Crippen LogP contribution in [0.4, 0.5) is 0 Å². The number of hydrogen-bond acceptors (Lipinski definition) is 5. The lowest BCUT2D eigenvalue weighted by atomic mass is 10.2. The highest BCUT2D eigenvalue weighted by atomic mass is 16.5. The van der Waals surface area contributed by atoms with Gasteiger partial charge in [0.2, 0.25) is 11.8 Å². The Morgan fingerprint density at radius 3 is 2.53 bits per heavy atom. The van der Waals surface area contributed by atoms with Gasteiger partial charge in [0.15, 0.2) is 0 Å². The van der Waals surface area contributed by atoms with E-state index in [-0.39, 0.29) is 24.3 Å². The van der Waals surface area contributed by atoms with Crippen molar-refractivity contribution < 1.29 is 14.3 Å². The number of carbonyl (C=O) groups is 2. The predicted molar refractivity (Wildman–Crippen MR) is 51.7 cm³/mol. The normalized spacial score (nSPS) is 28.9. The molecule has 6 nitrogen and oxygen atoms in total. The van der Waals surface area contributed by atoms with Gasteiger partial charge < -0.3 is 4.74 Å². The van der Waals surface area contributed by atoms with Crippen molar-refractivity contribution in [3.63, 3.8) is 0 Å². The van der Waals surface area contributed by atoms with Gasteiger partial charge in [-0.05, 0) is 0 Å². The van der Waals surface area contributed by atoms with E-state index >= 15 is 0 Å². The van der Waals surface area contributed by atoms with Crippen LogP contribution in [0.25, 0.3) is 0 Å². The van der Waals surface area contributed by atoms with Crippen LogP contribution in [-0.4, -0.2) is 61.1 Å². The van der Waals surface area contributed by atoms with Crippen molar-refractivity contribution in [3.8, 4) is 0 Å². The molecular formula is C9H15N3O3. The number of nitrogens with one attached hydrogen (secondary N) is 1. The molecule has 0 saturated carbocycles. The molecule has 1 N–H and O–H groups in total. The molecule has 0 aromatic rings. The molecule has 2 aliphatic rings. The van der Waals surface area contributed by atoms with Gasteiger partial charge in [0.25, 0.3) is 0 Å². The number of morpholine rings is 1. The van der Waals surface area contributed by atoms with E-state index in [0.29, 0.717) is 13.2 Å². The van der Waals surface area contributed by atoms with Crippen molar-refractivity contribution >= 4 is 11.8 Å². The molecule has 2 amide bonds. The second kappa shape index (κ2) is 4.26. The first-order valence-corrected chi connectivity index (χ1v) is 5.08. The standard InChI is InChI=1S/C9H15N3O3/c1-11-8(13)6-7(9(11)14)10-12-2-4-15-5-3-12/h7,10H,2-6H2,1H3. The van der Waals surface area contributed by atoms with Gasteiger partial charge in [-0.3, -0.25) is 14.5 Å². The highest BCUT2D eigenvalue weighted by Crippen LogP contribution is 2.11. The zero-order valence-corrected chi connectivity index (χ0v) is 8.73. The van der Waals surface area contributed by atoms with Gasteiger partial charge in [-0.25, -0.2) is 10.4 Å². The van der Waals surface area contributed by atoms with E-state index in [9.17, 15) is 9.59 Å². The average molecular weight is 213 g/mol. The fourth-order valence-corrected chi connectivity index (χ4v) is 1.77. The molecule has 2 fully saturated rings. The lowest BCUT2D eigenvalue weighted by Gasteiger charge is -2.29. The van der Waals surface area contributed by atoms with E-state index in [1.165, 1.54) is 11.9 Å². The van der Waals surface area contributed by atoms with Crippen molar-refractivity contribution in [2.45, 2.75) is 12.5 Å². The third-order valence-corrected chi connectivity index (χ3v) is 2.73. The van der Waals surface area contributed by atoms with Crippen molar-refractivity contribution in [1.29, 1.82) is 0 Å². The van der Waals surface area contributed by atoms with Crippen LogP contribution >= 0.6 is 0 Å². The Bertz CT molecular complexity index is 276. The molecule has 0 bridgehead atoms. The fraction of sp³-hybridized carbons (Fsp3) is 0.778. The number of amides is 2. The van der Waals surface area contributed by atoms with Crippen molar-refractivity contribution in [2.24, 2.45) is 0 Å². The number of ether oxygens (including phenoxy) is 1. The summed E-state index contributed by atoms with van der Waals surface area (Å²) in [5.74, 6) is -0.266. The van der Waals surface area contributed by atoms with Crippen LogP contribution in [0.2, 0.25) is 0 Å². The summed E-state index contributed by atoms with van der Waals surface area (Å²) in [7, 11) is 1.52. The minimum Gasteiger partial charge on any atom is -0.379 e. The zero-order chi connectivity index (χ0) is 10.8. The lowest BCUT2D eigenvalue weighted by molar-refractivity contribution is -0.137. The van der Waals surface area contributed by atoms with Crippen LogP contribution < -0.4 is 5.43 Å². The summed E-state index contributed by atoms with van der Waals surface area (Å²) in [5, 5.41) is 1.94. The Hall–Kier alpha value is -0.980. The molecule has 1 atom stereocenters. The predicted octanol–water partition coefficient (Wildman–Crippen LogP) is -1.42. The summed E-state index contributed by atoms with van der Waals surface area (Å²) >= 11 is 0. The summed E-state index contributed by atoms with van der Waals surface area (Å²) in [6.45, 7) is 2.83. The summed E-state index contributed by atoms with van der Waals surface area (Å²) in [5.41, 5.74) is 3.07. The third kappa shape index (κ3) is 2.17. The molecule has 2 aliphatic heterocycles. The molecule has 1 unspecified atom stereocenters. The number of likely N-dealkylation sites (tertiary alicyclic amines) is 1. The number of carbonyl (C=O) groups excluding carboxylic acids is 2. The molecule has 2 saturated heterocycles. The molecule has 0 aromatic carbocycles. The zero-order valence-electron chi connectivity index (χ0n) is 8.73.